The molecule has 23 heteroatoms. The summed E-state index contributed by atoms with van der Waals surface area (Å²) < 4.78 is 18.9. The van der Waals surface area contributed by atoms with Crippen LogP contribution in [-0.4, -0.2) is 113 Å². The molecule has 0 spiro atoms. The molecule has 1 atom stereocenters. The molecule has 1 aliphatic rings. The minimum Gasteiger partial charge on any atom is -0.491 e. The average Bonchev–Trinajstić information content (AvgIpc) is 3.97. The van der Waals surface area contributed by atoms with Crippen molar-refractivity contribution in [3.63, 3.8) is 0 Å². The molecular weight excluding hydrogens is 883 g/mol. The maximum atomic E-state index is 14.0. The van der Waals surface area contributed by atoms with Crippen LogP contribution >= 0.6 is 23.2 Å². The number of primary amides is 2. The monoisotopic (exact) mass is 930 g/mol. The average molecular weight is 932 g/mol. The number of anilines is 2. The van der Waals surface area contributed by atoms with E-state index < -0.39 is 29.7 Å². The summed E-state index contributed by atoms with van der Waals surface area (Å²) in [5.74, 6) is -1.91. The van der Waals surface area contributed by atoms with Crippen molar-refractivity contribution in [2.75, 3.05) is 51.0 Å². The van der Waals surface area contributed by atoms with E-state index in [9.17, 15) is 24.0 Å². The van der Waals surface area contributed by atoms with E-state index in [1.807, 2.05) is 19.9 Å². The van der Waals surface area contributed by atoms with Gasteiger partial charge in [0.2, 0.25) is 29.6 Å². The fourth-order valence-electron chi connectivity index (χ4n) is 7.49. The van der Waals surface area contributed by atoms with E-state index in [0.29, 0.717) is 59.7 Å². The Morgan fingerprint density at radius 3 is 2.02 bits per heavy atom. The standard InChI is InChI=1S/C42H48Cl2N14O7/c1-7-56-35(31(43)21(3)52-56)39(62)50-41-48-26-15-23(37(45)60)17-28(64-14-10-12-47-30(59)19-54(5)6)33(26)55(41)13-9-11-25-20-65-29-18-24(38(46)61)16-27-34(29)58(25)42(49-27)51-40(63)36-32(44)22(4)53-57(36)8-2/h9,11,15-18,25H,7-8,10,12-14,19-20H2,1-6H3,(H2,45,60)(H2,46,61)(H,47,59)(H,48,50,62)(H,49,51,63)/b11-9+/t25-/m0/s1. The van der Waals surface area contributed by atoms with Gasteiger partial charge in [0.25, 0.3) is 11.8 Å². The number of hydrogen-bond donors (Lipinski definition) is 5. The Kier molecular flexibility index (Phi) is 13.5. The van der Waals surface area contributed by atoms with Gasteiger partial charge >= 0.3 is 0 Å². The van der Waals surface area contributed by atoms with Gasteiger partial charge in [0.15, 0.2) is 0 Å². The number of allylic oxidation sites excluding steroid dienone is 1. The van der Waals surface area contributed by atoms with Gasteiger partial charge in [-0.1, -0.05) is 35.4 Å². The fraction of sp³-hybridized carbons (Fsp3) is 0.357. The van der Waals surface area contributed by atoms with Crippen molar-refractivity contribution < 1.29 is 33.4 Å². The predicted octanol–water partition coefficient (Wildman–Crippen LogP) is 4.08. The second-order valence-electron chi connectivity index (χ2n) is 15.4. The zero-order valence-corrected chi connectivity index (χ0v) is 38.0. The van der Waals surface area contributed by atoms with Gasteiger partial charge in [-0.2, -0.15) is 10.2 Å². The summed E-state index contributed by atoms with van der Waals surface area (Å²) in [6.07, 6.45) is 4.05. The predicted molar refractivity (Wildman–Crippen MR) is 243 cm³/mol. The lowest BCUT2D eigenvalue weighted by molar-refractivity contribution is -0.121. The molecule has 0 radical (unpaired) electrons. The van der Waals surface area contributed by atoms with E-state index in [2.05, 4.69) is 26.1 Å². The molecule has 7 N–H and O–H groups in total. The zero-order valence-electron chi connectivity index (χ0n) is 36.5. The van der Waals surface area contributed by atoms with Crippen LogP contribution in [0.5, 0.6) is 11.5 Å². The number of nitrogens with two attached hydrogens (primary N) is 2. The molecule has 1 aliphatic heterocycles. The SMILES string of the molecule is CCn1nc(C)c(Cl)c1C(=O)Nc1nc2cc(C(N)=O)cc(OCCCNC(=O)CN(C)C)c2n1C/C=C/[C@H]1COc2cc(C(N)=O)cc3nc(NC(=O)c4c(Cl)c(C)nn4CC)n1c23. The quantitative estimate of drug-likeness (QED) is 0.0603. The van der Waals surface area contributed by atoms with Crippen LogP contribution in [-0.2, 0) is 24.4 Å². The van der Waals surface area contributed by atoms with Crippen molar-refractivity contribution >= 4 is 86.7 Å². The number of ether oxygens (including phenoxy) is 2. The van der Waals surface area contributed by atoms with Crippen LogP contribution in [0.25, 0.3) is 22.1 Å². The molecule has 5 amide bonds. The fourth-order valence-corrected chi connectivity index (χ4v) is 7.93. The number of aryl methyl sites for hydroxylation is 4. The van der Waals surface area contributed by atoms with Crippen LogP contribution in [0.1, 0.15) is 79.4 Å². The van der Waals surface area contributed by atoms with Gasteiger partial charge in [-0.3, -0.25) is 48.5 Å². The summed E-state index contributed by atoms with van der Waals surface area (Å²) >= 11 is 13.1. The lowest BCUT2D eigenvalue weighted by Crippen LogP contribution is -2.34. The smallest absolute Gasteiger partial charge is 0.277 e. The second kappa shape index (κ2) is 19.0. The van der Waals surface area contributed by atoms with Crippen molar-refractivity contribution in [3.05, 3.63) is 80.4 Å². The third kappa shape index (κ3) is 9.33. The van der Waals surface area contributed by atoms with Gasteiger partial charge in [0.1, 0.15) is 40.5 Å². The highest BCUT2D eigenvalue weighted by molar-refractivity contribution is 6.35. The molecule has 0 bridgehead atoms. The number of benzene rings is 2. The van der Waals surface area contributed by atoms with E-state index in [-0.39, 0.29) is 87.9 Å². The Morgan fingerprint density at radius 1 is 0.862 bits per heavy atom. The molecule has 0 fully saturated rings. The number of carbonyl (C=O) groups excluding carboxylic acids is 5. The van der Waals surface area contributed by atoms with Crippen LogP contribution in [0.15, 0.2) is 36.4 Å². The summed E-state index contributed by atoms with van der Waals surface area (Å²) in [7, 11) is 3.59. The molecule has 0 saturated carbocycles. The maximum absolute atomic E-state index is 14.0. The molecule has 4 aromatic heterocycles. The molecule has 0 saturated heterocycles. The van der Waals surface area contributed by atoms with Gasteiger partial charge in [0, 0.05) is 37.3 Å². The summed E-state index contributed by atoms with van der Waals surface area (Å²) in [5, 5.41) is 17.7. The molecule has 342 valence electrons. The van der Waals surface area contributed by atoms with Crippen LogP contribution in [0, 0.1) is 13.8 Å². The van der Waals surface area contributed by atoms with Gasteiger partial charge < -0.3 is 35.7 Å². The van der Waals surface area contributed by atoms with E-state index in [1.54, 1.807) is 48.1 Å². The molecule has 0 unspecified atom stereocenters. The van der Waals surface area contributed by atoms with E-state index >= 15 is 0 Å². The first-order chi connectivity index (χ1) is 31.0. The van der Waals surface area contributed by atoms with Gasteiger partial charge in [-0.25, -0.2) is 9.97 Å². The highest BCUT2D eigenvalue weighted by atomic mass is 35.5. The number of fused-ring (bicyclic) bond motifs is 1. The highest BCUT2D eigenvalue weighted by Crippen LogP contribution is 2.38. The molecular formula is C42H48Cl2N14O7. The Bertz CT molecular complexity index is 2910. The normalized spacial score (nSPS) is 13.5. The van der Waals surface area contributed by atoms with Crippen molar-refractivity contribution in [3.8, 4) is 11.5 Å². The number of nitrogens with one attached hydrogen (secondary N) is 3. The van der Waals surface area contributed by atoms with Crippen LogP contribution < -0.4 is 36.9 Å². The van der Waals surface area contributed by atoms with E-state index in [4.69, 9.17) is 54.1 Å². The van der Waals surface area contributed by atoms with Crippen molar-refractivity contribution in [2.24, 2.45) is 11.5 Å². The summed E-state index contributed by atoms with van der Waals surface area (Å²) in [6.45, 7) is 8.59. The Morgan fingerprint density at radius 2 is 1.43 bits per heavy atom. The first kappa shape index (κ1) is 46.0. The first-order valence-corrected chi connectivity index (χ1v) is 21.4. The Balaban J connectivity index is 1.28. The van der Waals surface area contributed by atoms with Gasteiger partial charge in [0.05, 0.1) is 51.7 Å². The molecule has 21 nitrogen and oxygen atoms in total. The highest BCUT2D eigenvalue weighted by Gasteiger charge is 2.30. The van der Waals surface area contributed by atoms with Crippen molar-refractivity contribution in [1.82, 2.24) is 48.9 Å². The number of likely N-dealkylation sites (N-methyl/N-ethyl adjacent to an activating group) is 1. The summed E-state index contributed by atoms with van der Waals surface area (Å²) in [5.41, 5.74) is 14.4. The van der Waals surface area contributed by atoms with Crippen LogP contribution in [0.2, 0.25) is 10.0 Å². The number of carbonyl (C=O) groups is 5. The third-order valence-corrected chi connectivity index (χ3v) is 11.4. The minimum absolute atomic E-state index is 0.0430. The lowest BCUT2D eigenvalue weighted by Gasteiger charge is -2.25. The molecule has 5 heterocycles. The van der Waals surface area contributed by atoms with Crippen molar-refractivity contribution in [2.45, 2.75) is 59.8 Å². The molecule has 2 aromatic carbocycles. The van der Waals surface area contributed by atoms with Crippen LogP contribution in [0.3, 0.4) is 0 Å². The minimum atomic E-state index is -0.728. The number of imidazole rings is 2. The number of halogens is 2. The summed E-state index contributed by atoms with van der Waals surface area (Å²) in [4.78, 5) is 76.1. The first-order valence-electron chi connectivity index (χ1n) is 20.6. The van der Waals surface area contributed by atoms with Gasteiger partial charge in [-0.05, 0) is 72.5 Å². The molecule has 0 aliphatic carbocycles. The van der Waals surface area contributed by atoms with E-state index in [0.717, 1.165) is 0 Å². The molecule has 6 aromatic rings. The number of hydrogen-bond acceptors (Lipinski definition) is 12. The molecule has 7 rings (SSSR count). The number of nitrogens with zero attached hydrogens (tertiary/aromatic N) is 9. The topological polar surface area (TPSA) is 266 Å². The lowest BCUT2D eigenvalue weighted by atomic mass is 10.1. The number of rotatable bonds is 18. The van der Waals surface area contributed by atoms with Gasteiger partial charge in [-0.15, -0.1) is 0 Å². The van der Waals surface area contributed by atoms with Crippen molar-refractivity contribution in [1.29, 1.82) is 0 Å². The van der Waals surface area contributed by atoms with Crippen LogP contribution in [0.4, 0.5) is 11.9 Å². The summed E-state index contributed by atoms with van der Waals surface area (Å²) in [6, 6.07) is 5.43. The zero-order chi connectivity index (χ0) is 46.9. The Labute approximate surface area is 382 Å². The number of amides is 5. The second-order valence-corrected chi connectivity index (χ2v) is 16.2. The molecule has 65 heavy (non-hydrogen) atoms. The number of aromatic nitrogens is 8. The maximum Gasteiger partial charge on any atom is 0.277 e. The Hall–Kier alpha value is -6.97. The van der Waals surface area contributed by atoms with E-state index in [1.165, 1.54) is 33.6 Å². The third-order valence-electron chi connectivity index (χ3n) is 10.5. The largest absolute Gasteiger partial charge is 0.491 e.